The van der Waals surface area contributed by atoms with Crippen LogP contribution in [0.4, 0.5) is 5.69 Å². The van der Waals surface area contributed by atoms with Gasteiger partial charge in [0.1, 0.15) is 18.2 Å². The molecule has 0 aliphatic carbocycles. The summed E-state index contributed by atoms with van der Waals surface area (Å²) in [5.41, 5.74) is 4.18. The molecule has 0 N–H and O–H groups in total. The summed E-state index contributed by atoms with van der Waals surface area (Å²) in [6.45, 7) is 13.8. The van der Waals surface area contributed by atoms with Crippen molar-refractivity contribution in [1.82, 2.24) is 0 Å². The molecule has 0 saturated carbocycles. The fourth-order valence-electron chi connectivity index (χ4n) is 3.98. The summed E-state index contributed by atoms with van der Waals surface area (Å²) in [4.78, 5) is 3.62. The van der Waals surface area contributed by atoms with Gasteiger partial charge in [-0.05, 0) is 49.7 Å². The highest BCUT2D eigenvalue weighted by Gasteiger charge is 2.25. The van der Waals surface area contributed by atoms with Crippen LogP contribution >= 0.6 is 0 Å². The molecule has 30 heavy (non-hydrogen) atoms. The smallest absolute Gasteiger partial charge is 0.229 e. The number of benzene rings is 2. The van der Waals surface area contributed by atoms with Gasteiger partial charge in [0.05, 0.1) is 13.5 Å². The second-order valence-corrected chi connectivity index (χ2v) is 8.12. The first kappa shape index (κ1) is 14.0. The second-order valence-electron chi connectivity index (χ2n) is 8.12. The molecule has 0 aliphatic rings. The number of hydrogen-bond acceptors (Lipinski definition) is 1. The summed E-state index contributed by atoms with van der Waals surface area (Å²) >= 11 is 0. The summed E-state index contributed by atoms with van der Waals surface area (Å²) < 4.78 is 59.4. The van der Waals surface area contributed by atoms with Crippen molar-refractivity contribution in [2.75, 3.05) is 0 Å². The Balaban J connectivity index is 2.26. The lowest BCUT2D eigenvalue weighted by Gasteiger charge is -2.14. The first-order valence-corrected chi connectivity index (χ1v) is 10.0. The monoisotopic (exact) mass is 403 g/mol. The molecule has 2 aromatic carbocycles. The Morgan fingerprint density at radius 2 is 1.90 bits per heavy atom. The Bertz CT molecular complexity index is 1590. The van der Waals surface area contributed by atoms with Gasteiger partial charge in [0.15, 0.2) is 5.69 Å². The number of aryl methyl sites for hydroxylation is 2. The van der Waals surface area contributed by atoms with Gasteiger partial charge in [0.2, 0.25) is 11.4 Å². The van der Waals surface area contributed by atoms with Crippen molar-refractivity contribution in [2.24, 2.45) is 13.0 Å². The quantitative estimate of drug-likeness (QED) is 0.265. The number of fused-ring (bicyclic) bond motifs is 3. The molecule has 0 unspecified atom stereocenters. The van der Waals surface area contributed by atoms with Crippen LogP contribution in [0, 0.1) is 40.1 Å². The van der Waals surface area contributed by atoms with E-state index in [1.807, 2.05) is 32.0 Å². The molecule has 0 saturated heterocycles. The zero-order chi connectivity index (χ0) is 26.9. The zero-order valence-corrected chi connectivity index (χ0v) is 18.2. The molecule has 2 heterocycles. The summed E-state index contributed by atoms with van der Waals surface area (Å²) in [5.74, 6) is -0.561. The van der Waals surface area contributed by atoms with E-state index in [1.54, 1.807) is 38.5 Å². The minimum atomic E-state index is -2.60. The maximum absolute atomic E-state index is 9.22. The summed E-state index contributed by atoms with van der Waals surface area (Å²) in [7, 11) is 1.70. The maximum Gasteiger partial charge on any atom is 0.229 e. The minimum absolute atomic E-state index is 0.117. The SMILES string of the molecule is [2H]c1c(C([2H])([2H])C(C)C)c(C([2H])([2H])[2H])c(C)[n+](C)c1-c1c(C)ccc2c1oc1c([N+]#[C-])ccc(C)c12. The van der Waals surface area contributed by atoms with Crippen LogP contribution in [0.1, 0.15) is 50.0 Å². The maximum atomic E-state index is 9.22. The highest BCUT2D eigenvalue weighted by atomic mass is 16.3. The van der Waals surface area contributed by atoms with Gasteiger partial charge in [-0.1, -0.05) is 38.1 Å². The van der Waals surface area contributed by atoms with Crippen LogP contribution in [0.25, 0.3) is 38.0 Å². The summed E-state index contributed by atoms with van der Waals surface area (Å²) in [6, 6.07) is 7.28. The molecule has 0 atom stereocenters. The molecule has 0 radical (unpaired) electrons. The fourth-order valence-corrected chi connectivity index (χ4v) is 3.98. The third kappa shape index (κ3) is 2.99. The van der Waals surface area contributed by atoms with Gasteiger partial charge in [-0.2, -0.15) is 4.57 Å². The highest BCUT2D eigenvalue weighted by molar-refractivity contribution is 6.14. The lowest BCUT2D eigenvalue weighted by Crippen LogP contribution is -2.36. The van der Waals surface area contributed by atoms with Crippen molar-refractivity contribution in [2.45, 2.75) is 47.8 Å². The predicted molar refractivity (Wildman–Crippen MR) is 124 cm³/mol. The van der Waals surface area contributed by atoms with Gasteiger partial charge in [-0.25, -0.2) is 4.85 Å². The second kappa shape index (κ2) is 7.29. The van der Waals surface area contributed by atoms with E-state index < -0.39 is 19.1 Å². The van der Waals surface area contributed by atoms with Crippen LogP contribution in [0.15, 0.2) is 34.7 Å². The topological polar surface area (TPSA) is 21.4 Å². The van der Waals surface area contributed by atoms with Gasteiger partial charge in [0, 0.05) is 36.2 Å². The van der Waals surface area contributed by atoms with Crippen LogP contribution < -0.4 is 4.57 Å². The third-order valence-electron chi connectivity index (χ3n) is 5.67. The standard InChI is InChI=1S/C27H29N2O/c1-15(2)13-20-14-23(29(8)19(6)18(20)5)25-17(4)9-11-21-24-16(3)10-12-22(28-7)27(24)30-26(21)25/h9-12,14-15H,13H2,1-6,8H3/q+1/i5D3,13D2,14D. The van der Waals surface area contributed by atoms with Crippen molar-refractivity contribution >= 4 is 27.6 Å². The van der Waals surface area contributed by atoms with Crippen molar-refractivity contribution in [3.63, 3.8) is 0 Å². The molecule has 0 amide bonds. The van der Waals surface area contributed by atoms with E-state index in [0.29, 0.717) is 33.8 Å². The summed E-state index contributed by atoms with van der Waals surface area (Å²) in [5, 5.41) is 1.61. The fraction of sp³-hybridized carbons (Fsp3) is 0.333. The molecular formula is C27H29N2O+. The van der Waals surface area contributed by atoms with Crippen molar-refractivity contribution in [1.29, 1.82) is 0 Å². The van der Waals surface area contributed by atoms with E-state index in [4.69, 9.17) is 17.8 Å². The molecule has 3 heteroatoms. The Labute approximate surface area is 187 Å². The predicted octanol–water partition coefficient (Wildman–Crippen LogP) is 7.06. The number of rotatable bonds is 3. The van der Waals surface area contributed by atoms with E-state index in [9.17, 15) is 1.37 Å². The molecule has 3 nitrogen and oxygen atoms in total. The summed E-state index contributed by atoms with van der Waals surface area (Å²) in [6.07, 6.45) is -2.06. The number of pyridine rings is 1. The highest BCUT2D eigenvalue weighted by Crippen LogP contribution is 2.41. The number of aromatic nitrogens is 1. The van der Waals surface area contributed by atoms with Gasteiger partial charge in [-0.3, -0.25) is 0 Å². The molecule has 4 rings (SSSR count). The Kier molecular flexibility index (Phi) is 3.40. The molecule has 0 fully saturated rings. The lowest BCUT2D eigenvalue weighted by atomic mass is 9.93. The molecule has 0 aliphatic heterocycles. The van der Waals surface area contributed by atoms with E-state index >= 15 is 0 Å². The largest absolute Gasteiger partial charge is 0.466 e. The van der Waals surface area contributed by atoms with E-state index in [0.717, 1.165) is 21.9 Å². The first-order valence-electron chi connectivity index (χ1n) is 13.0. The van der Waals surface area contributed by atoms with Gasteiger partial charge in [-0.15, -0.1) is 0 Å². The van der Waals surface area contributed by atoms with Crippen LogP contribution in [0.2, 0.25) is 0 Å². The molecule has 152 valence electrons. The number of furan rings is 1. The van der Waals surface area contributed by atoms with Crippen molar-refractivity contribution in [3.05, 3.63) is 69.7 Å². The van der Waals surface area contributed by atoms with E-state index in [1.165, 1.54) is 0 Å². The minimum Gasteiger partial charge on any atom is -0.466 e. The van der Waals surface area contributed by atoms with Crippen LogP contribution in [-0.2, 0) is 13.4 Å². The average molecular weight is 404 g/mol. The number of nitrogens with zero attached hydrogens (tertiary/aromatic N) is 2. The van der Waals surface area contributed by atoms with Crippen LogP contribution in [-0.4, -0.2) is 0 Å². The van der Waals surface area contributed by atoms with Gasteiger partial charge >= 0.3 is 0 Å². The molecule has 2 aromatic heterocycles. The van der Waals surface area contributed by atoms with Gasteiger partial charge < -0.3 is 4.42 Å². The zero-order valence-electron chi connectivity index (χ0n) is 24.2. The average Bonchev–Trinajstić information content (AvgIpc) is 3.17. The molecule has 0 spiro atoms. The Morgan fingerprint density at radius 3 is 2.57 bits per heavy atom. The Morgan fingerprint density at radius 1 is 1.17 bits per heavy atom. The van der Waals surface area contributed by atoms with Gasteiger partial charge in [0.25, 0.3) is 0 Å². The normalized spacial score (nSPS) is 15.4. The van der Waals surface area contributed by atoms with Crippen molar-refractivity contribution in [3.8, 4) is 11.3 Å². The van der Waals surface area contributed by atoms with E-state index in [-0.39, 0.29) is 17.2 Å². The number of hydrogen-bond donors (Lipinski definition) is 0. The third-order valence-corrected chi connectivity index (χ3v) is 5.67. The molecule has 0 bridgehead atoms. The first-order chi connectivity index (χ1) is 16.6. The van der Waals surface area contributed by atoms with E-state index in [2.05, 4.69) is 4.85 Å². The molecule has 4 aromatic rings. The van der Waals surface area contributed by atoms with Crippen molar-refractivity contribution < 1.29 is 17.2 Å². The van der Waals surface area contributed by atoms with Crippen LogP contribution in [0.3, 0.4) is 0 Å². The Hall–Kier alpha value is -3.12. The molecular weight excluding hydrogens is 368 g/mol. The van der Waals surface area contributed by atoms with Crippen LogP contribution in [0.5, 0.6) is 0 Å². The lowest BCUT2D eigenvalue weighted by molar-refractivity contribution is -0.667.